The molecule has 0 unspecified atom stereocenters. The fourth-order valence-corrected chi connectivity index (χ4v) is 4.95. The van der Waals surface area contributed by atoms with Gasteiger partial charge in [-0.25, -0.2) is 23.4 Å². The van der Waals surface area contributed by atoms with Gasteiger partial charge in [0.05, 0.1) is 23.0 Å². The zero-order chi connectivity index (χ0) is 20.6. The molecule has 0 radical (unpaired) electrons. The summed E-state index contributed by atoms with van der Waals surface area (Å²) in [7, 11) is -2.03. The maximum atomic E-state index is 12.2. The number of hydrogen-bond acceptors (Lipinski definition) is 9. The molecule has 0 atom stereocenters. The van der Waals surface area contributed by atoms with Crippen LogP contribution in [0.15, 0.2) is 35.9 Å². The first-order valence-electron chi connectivity index (χ1n) is 8.72. The van der Waals surface area contributed by atoms with Crippen molar-refractivity contribution in [1.29, 1.82) is 0 Å². The van der Waals surface area contributed by atoms with Gasteiger partial charge in [-0.15, -0.1) is 11.3 Å². The molecule has 11 heteroatoms. The van der Waals surface area contributed by atoms with Crippen molar-refractivity contribution in [2.45, 2.75) is 13.3 Å². The van der Waals surface area contributed by atoms with Crippen LogP contribution in [-0.2, 0) is 14.9 Å². The van der Waals surface area contributed by atoms with Crippen molar-refractivity contribution in [3.63, 3.8) is 0 Å². The minimum atomic E-state index is -3.48. The molecule has 0 saturated heterocycles. The van der Waals surface area contributed by atoms with Crippen LogP contribution >= 0.6 is 11.3 Å². The molecule has 0 fully saturated rings. The third-order valence-electron chi connectivity index (χ3n) is 4.35. The van der Waals surface area contributed by atoms with Crippen molar-refractivity contribution >= 4 is 32.9 Å². The number of aryl methyl sites for hydroxylation is 1. The minimum Gasteiger partial charge on any atom is -0.399 e. The monoisotopic (exact) mass is 430 g/mol. The number of oxime groups is 1. The molecule has 4 rings (SSSR count). The van der Waals surface area contributed by atoms with E-state index in [2.05, 4.69) is 20.1 Å². The Balaban J connectivity index is 1.83. The summed E-state index contributed by atoms with van der Waals surface area (Å²) < 4.78 is 25.6. The van der Waals surface area contributed by atoms with Crippen LogP contribution in [0.1, 0.15) is 17.8 Å². The fourth-order valence-electron chi connectivity index (χ4n) is 3.07. The molecule has 3 aromatic heterocycles. The molecule has 0 saturated carbocycles. The fraction of sp³-hybridized carbons (Fsp3) is 0.278. The van der Waals surface area contributed by atoms with Crippen molar-refractivity contribution in [2.24, 2.45) is 5.16 Å². The van der Waals surface area contributed by atoms with Gasteiger partial charge in [0.2, 0.25) is 10.0 Å². The Kier molecular flexibility index (Phi) is 5.01. The molecule has 0 bridgehead atoms. The summed E-state index contributed by atoms with van der Waals surface area (Å²) in [6.45, 7) is 2.15. The second-order valence-corrected chi connectivity index (χ2v) is 9.31. The van der Waals surface area contributed by atoms with E-state index in [9.17, 15) is 8.42 Å². The van der Waals surface area contributed by atoms with Crippen molar-refractivity contribution in [1.82, 2.24) is 19.9 Å². The third kappa shape index (κ3) is 3.70. The standard InChI is InChI=1S/C18H18N6O3S2/c1-11-16(28-18(21-11)12-5-4-7-19-9-12)14-10-20-17-15(22-14)13(23-27-2)6-8-24(17)29(3,25)26/h4-5,7,9-10H,6,8H2,1-3H3. The van der Waals surface area contributed by atoms with Gasteiger partial charge >= 0.3 is 0 Å². The lowest BCUT2D eigenvalue weighted by Crippen LogP contribution is -2.38. The first kappa shape index (κ1) is 19.4. The molecule has 0 aromatic carbocycles. The van der Waals surface area contributed by atoms with Crippen molar-refractivity contribution in [3.05, 3.63) is 42.1 Å². The highest BCUT2D eigenvalue weighted by atomic mass is 32.2. The van der Waals surface area contributed by atoms with E-state index in [0.29, 0.717) is 23.5 Å². The number of aromatic nitrogens is 4. The van der Waals surface area contributed by atoms with Gasteiger partial charge in [-0.2, -0.15) is 0 Å². The first-order valence-corrected chi connectivity index (χ1v) is 11.4. The lowest BCUT2D eigenvalue weighted by atomic mass is 10.1. The van der Waals surface area contributed by atoms with E-state index in [4.69, 9.17) is 9.82 Å². The summed E-state index contributed by atoms with van der Waals surface area (Å²) in [5, 5.41) is 4.85. The summed E-state index contributed by atoms with van der Waals surface area (Å²) in [5.74, 6) is 0.257. The van der Waals surface area contributed by atoms with Gasteiger partial charge in [0.25, 0.3) is 0 Å². The normalized spacial score (nSPS) is 15.4. The van der Waals surface area contributed by atoms with Gasteiger partial charge in [-0.1, -0.05) is 5.16 Å². The zero-order valence-corrected chi connectivity index (χ0v) is 17.7. The van der Waals surface area contributed by atoms with Crippen LogP contribution in [0.5, 0.6) is 0 Å². The lowest BCUT2D eigenvalue weighted by molar-refractivity contribution is 0.212. The maximum Gasteiger partial charge on any atom is 0.233 e. The lowest BCUT2D eigenvalue weighted by Gasteiger charge is -2.27. The number of nitrogens with zero attached hydrogens (tertiary/aromatic N) is 6. The van der Waals surface area contributed by atoms with E-state index < -0.39 is 10.0 Å². The van der Waals surface area contributed by atoms with Crippen LogP contribution in [0.4, 0.5) is 5.82 Å². The minimum absolute atomic E-state index is 0.243. The van der Waals surface area contributed by atoms with Crippen LogP contribution in [0, 0.1) is 6.92 Å². The van der Waals surface area contributed by atoms with Crippen LogP contribution in [0.2, 0.25) is 0 Å². The maximum absolute atomic E-state index is 12.2. The Labute approximate surface area is 172 Å². The average molecular weight is 431 g/mol. The van der Waals surface area contributed by atoms with Gasteiger partial charge in [0.1, 0.15) is 29.2 Å². The Morgan fingerprint density at radius 1 is 1.28 bits per heavy atom. The number of fused-ring (bicyclic) bond motifs is 1. The Morgan fingerprint density at radius 2 is 2.10 bits per heavy atom. The predicted octanol–water partition coefficient (Wildman–Crippen LogP) is 2.49. The molecule has 29 heavy (non-hydrogen) atoms. The topological polar surface area (TPSA) is 111 Å². The van der Waals surface area contributed by atoms with Gasteiger partial charge in [-0.05, 0) is 19.1 Å². The summed E-state index contributed by atoms with van der Waals surface area (Å²) in [6, 6.07) is 3.80. The van der Waals surface area contributed by atoms with Gasteiger partial charge < -0.3 is 4.84 Å². The van der Waals surface area contributed by atoms with E-state index in [1.807, 2.05) is 19.1 Å². The smallest absolute Gasteiger partial charge is 0.233 e. The average Bonchev–Trinajstić information content (AvgIpc) is 3.09. The number of pyridine rings is 1. The zero-order valence-electron chi connectivity index (χ0n) is 16.0. The molecule has 9 nitrogen and oxygen atoms in total. The van der Waals surface area contributed by atoms with Gasteiger partial charge in [0.15, 0.2) is 5.82 Å². The molecule has 0 N–H and O–H groups in total. The first-order chi connectivity index (χ1) is 13.9. The van der Waals surface area contributed by atoms with Crippen molar-refractivity contribution in [3.8, 4) is 21.1 Å². The van der Waals surface area contributed by atoms with Crippen LogP contribution in [0.3, 0.4) is 0 Å². The van der Waals surface area contributed by atoms with Crippen LogP contribution < -0.4 is 4.31 Å². The molecule has 3 aromatic rings. The molecule has 4 heterocycles. The summed E-state index contributed by atoms with van der Waals surface area (Å²) in [5.41, 5.74) is 3.29. The number of anilines is 1. The molecular formula is C18H18N6O3S2. The summed E-state index contributed by atoms with van der Waals surface area (Å²) >= 11 is 1.48. The highest BCUT2D eigenvalue weighted by Crippen LogP contribution is 2.35. The number of hydrogen-bond donors (Lipinski definition) is 0. The third-order valence-corrected chi connectivity index (χ3v) is 6.74. The Bertz CT molecular complexity index is 1190. The molecule has 0 aliphatic carbocycles. The highest BCUT2D eigenvalue weighted by Gasteiger charge is 2.31. The Morgan fingerprint density at radius 3 is 2.79 bits per heavy atom. The Hall–Kier alpha value is -2.92. The SMILES string of the molecule is CON=C1CCN(S(C)(=O)=O)c2ncc(-c3sc(-c4cccnc4)nc3C)nc21. The molecule has 0 amide bonds. The summed E-state index contributed by atoms with van der Waals surface area (Å²) in [6.07, 6.45) is 6.57. The summed E-state index contributed by atoms with van der Waals surface area (Å²) in [4.78, 5) is 23.7. The number of thiazole rings is 1. The van der Waals surface area contributed by atoms with Crippen LogP contribution in [-0.4, -0.2) is 54.0 Å². The molecule has 1 aliphatic heterocycles. The number of sulfonamides is 1. The van der Waals surface area contributed by atoms with Gasteiger partial charge in [0, 0.05) is 30.9 Å². The van der Waals surface area contributed by atoms with E-state index in [1.54, 1.807) is 18.6 Å². The molecular weight excluding hydrogens is 412 g/mol. The second kappa shape index (κ2) is 7.48. The van der Waals surface area contributed by atoms with Gasteiger partial charge in [-0.3, -0.25) is 9.29 Å². The van der Waals surface area contributed by atoms with E-state index in [0.717, 1.165) is 27.4 Å². The van der Waals surface area contributed by atoms with E-state index in [1.165, 1.54) is 22.8 Å². The second-order valence-electron chi connectivity index (χ2n) is 6.41. The quantitative estimate of drug-likeness (QED) is 0.585. The van der Waals surface area contributed by atoms with E-state index >= 15 is 0 Å². The predicted molar refractivity (Wildman–Crippen MR) is 111 cm³/mol. The van der Waals surface area contributed by atoms with Crippen molar-refractivity contribution < 1.29 is 13.3 Å². The molecule has 1 aliphatic rings. The number of rotatable bonds is 4. The van der Waals surface area contributed by atoms with E-state index in [-0.39, 0.29) is 12.4 Å². The van der Waals surface area contributed by atoms with Crippen LogP contribution in [0.25, 0.3) is 21.1 Å². The largest absolute Gasteiger partial charge is 0.399 e. The van der Waals surface area contributed by atoms with Crippen molar-refractivity contribution in [2.75, 3.05) is 24.2 Å². The molecule has 150 valence electrons. The highest BCUT2D eigenvalue weighted by molar-refractivity contribution is 7.92. The molecule has 0 spiro atoms.